The van der Waals surface area contributed by atoms with E-state index >= 15 is 0 Å². The Morgan fingerprint density at radius 1 is 1.07 bits per heavy atom. The second-order valence-electron chi connectivity index (χ2n) is 6.31. The molecule has 0 radical (unpaired) electrons. The molecule has 0 unspecified atom stereocenters. The number of Topliss-reactive ketones (excluding diaryl/α,β-unsaturated/α-hetero) is 1. The molecule has 6 nitrogen and oxygen atoms in total. The van der Waals surface area contributed by atoms with E-state index in [4.69, 9.17) is 9.47 Å². The van der Waals surface area contributed by atoms with Gasteiger partial charge in [-0.25, -0.2) is 4.98 Å². The average Bonchev–Trinajstić information content (AvgIpc) is 2.74. The zero-order valence-corrected chi connectivity index (χ0v) is 17.7. The number of ether oxygens (including phenoxy) is 2. The maximum atomic E-state index is 12.5. The number of hydrogen-bond acceptors (Lipinski definition) is 6. The van der Waals surface area contributed by atoms with Crippen LogP contribution in [0.3, 0.4) is 0 Å². The van der Waals surface area contributed by atoms with E-state index in [1.807, 2.05) is 42.5 Å². The van der Waals surface area contributed by atoms with E-state index in [1.54, 1.807) is 14.0 Å². The number of carbonyl (C=O) groups is 2. The summed E-state index contributed by atoms with van der Waals surface area (Å²) in [7, 11) is 1.61. The Bertz CT molecular complexity index is 1060. The number of aromatic hydroxyl groups is 1. The Kier molecular flexibility index (Phi) is 6.49. The van der Waals surface area contributed by atoms with E-state index in [-0.39, 0.29) is 30.9 Å². The maximum Gasteiger partial charge on any atom is 0.306 e. The number of ketones is 1. The first-order valence-electron chi connectivity index (χ1n) is 9.10. The molecule has 0 fully saturated rings. The maximum absolute atomic E-state index is 12.5. The number of hydrogen-bond donors (Lipinski definition) is 1. The molecule has 0 aliphatic carbocycles. The molecule has 3 aromatic rings. The molecular formula is C22H20BrNO5. The topological polar surface area (TPSA) is 85.7 Å². The number of aromatic nitrogens is 1. The predicted molar refractivity (Wildman–Crippen MR) is 113 cm³/mol. The zero-order chi connectivity index (χ0) is 21.0. The first-order chi connectivity index (χ1) is 13.9. The largest absolute Gasteiger partial charge is 0.504 e. The van der Waals surface area contributed by atoms with Crippen molar-refractivity contribution in [1.82, 2.24) is 4.98 Å². The minimum Gasteiger partial charge on any atom is -0.504 e. The molecule has 0 amide bonds. The van der Waals surface area contributed by atoms with Gasteiger partial charge in [0, 0.05) is 11.8 Å². The highest BCUT2D eigenvalue weighted by molar-refractivity contribution is 9.10. The Morgan fingerprint density at radius 2 is 1.76 bits per heavy atom. The second-order valence-corrected chi connectivity index (χ2v) is 7.10. The van der Waals surface area contributed by atoms with Crippen molar-refractivity contribution >= 4 is 38.6 Å². The van der Waals surface area contributed by atoms with Crippen molar-refractivity contribution < 1.29 is 24.2 Å². The lowest BCUT2D eigenvalue weighted by Gasteiger charge is -2.10. The summed E-state index contributed by atoms with van der Waals surface area (Å²) in [6.45, 7) is 1.96. The Hall–Kier alpha value is -2.93. The molecule has 7 heteroatoms. The molecule has 150 valence electrons. The third-order valence-electron chi connectivity index (χ3n) is 4.45. The summed E-state index contributed by atoms with van der Waals surface area (Å²) in [6.07, 6.45) is -0.148. The van der Waals surface area contributed by atoms with Crippen LogP contribution in [0.5, 0.6) is 11.5 Å². The molecule has 1 N–H and O–H groups in total. The van der Waals surface area contributed by atoms with Gasteiger partial charge >= 0.3 is 5.97 Å². The van der Waals surface area contributed by atoms with E-state index in [2.05, 4.69) is 20.9 Å². The predicted octanol–water partition coefficient (Wildman–Crippen LogP) is 4.90. The van der Waals surface area contributed by atoms with Crippen molar-refractivity contribution in [2.24, 2.45) is 0 Å². The lowest BCUT2D eigenvalue weighted by atomic mass is 10.0. The Balaban J connectivity index is 1.96. The van der Waals surface area contributed by atoms with Crippen LogP contribution in [-0.2, 0) is 9.53 Å². The number of methoxy groups -OCH3 is 1. The van der Waals surface area contributed by atoms with Gasteiger partial charge < -0.3 is 14.6 Å². The van der Waals surface area contributed by atoms with Crippen LogP contribution in [0.1, 0.15) is 30.3 Å². The number of pyridine rings is 1. The molecule has 1 heterocycles. The van der Waals surface area contributed by atoms with Crippen molar-refractivity contribution in [2.45, 2.75) is 19.8 Å². The quantitative estimate of drug-likeness (QED) is 0.400. The molecule has 0 atom stereocenters. The van der Waals surface area contributed by atoms with Crippen LogP contribution in [0, 0.1) is 0 Å². The number of esters is 1. The van der Waals surface area contributed by atoms with E-state index < -0.39 is 11.8 Å². The van der Waals surface area contributed by atoms with E-state index in [9.17, 15) is 14.7 Å². The molecule has 0 spiro atoms. The number of nitrogens with zero attached hydrogens (tertiary/aromatic N) is 1. The van der Waals surface area contributed by atoms with E-state index in [0.717, 1.165) is 16.9 Å². The van der Waals surface area contributed by atoms with Crippen LogP contribution in [0.2, 0.25) is 0 Å². The van der Waals surface area contributed by atoms with Gasteiger partial charge in [0.1, 0.15) is 11.4 Å². The third-order valence-corrected chi connectivity index (χ3v) is 5.25. The molecule has 0 aliphatic heterocycles. The summed E-state index contributed by atoms with van der Waals surface area (Å²) in [5.41, 5.74) is 2.37. The van der Waals surface area contributed by atoms with Crippen molar-refractivity contribution in [3.05, 3.63) is 52.6 Å². The standard InChI is InChI=1S/C22H20BrNO5/c1-3-29-19(26)11-10-18(25)21-22(27)20(23)16-9-6-14(12-17(16)24-21)13-4-7-15(28-2)8-5-13/h4-9,12,27H,3,10-11H2,1-2H3. The monoisotopic (exact) mass is 457 g/mol. The first kappa shape index (κ1) is 20.8. The molecule has 3 rings (SSSR count). The fraction of sp³-hybridized carbons (Fsp3) is 0.227. The summed E-state index contributed by atoms with van der Waals surface area (Å²) < 4.78 is 10.4. The molecule has 29 heavy (non-hydrogen) atoms. The van der Waals surface area contributed by atoms with Gasteiger partial charge in [0.2, 0.25) is 0 Å². The minimum atomic E-state index is -0.456. The summed E-state index contributed by atoms with van der Waals surface area (Å²) >= 11 is 3.35. The van der Waals surface area contributed by atoms with Crippen molar-refractivity contribution in [1.29, 1.82) is 0 Å². The summed E-state index contributed by atoms with van der Waals surface area (Å²) in [5, 5.41) is 11.1. The highest BCUT2D eigenvalue weighted by atomic mass is 79.9. The van der Waals surface area contributed by atoms with E-state index in [1.165, 1.54) is 0 Å². The van der Waals surface area contributed by atoms with Crippen molar-refractivity contribution in [3.63, 3.8) is 0 Å². The molecule has 2 aromatic carbocycles. The molecule has 0 aliphatic rings. The normalized spacial score (nSPS) is 10.7. The Morgan fingerprint density at radius 3 is 2.41 bits per heavy atom. The van der Waals surface area contributed by atoms with Crippen molar-refractivity contribution in [3.8, 4) is 22.6 Å². The molecule has 0 bridgehead atoms. The van der Waals surface area contributed by atoms with Crippen LogP contribution in [-0.4, -0.2) is 35.6 Å². The van der Waals surface area contributed by atoms with E-state index in [0.29, 0.717) is 15.4 Å². The highest BCUT2D eigenvalue weighted by Gasteiger charge is 2.20. The summed E-state index contributed by atoms with van der Waals surface area (Å²) in [4.78, 5) is 28.4. The van der Waals surface area contributed by atoms with Gasteiger partial charge in [0.05, 0.1) is 30.1 Å². The van der Waals surface area contributed by atoms with Gasteiger partial charge in [-0.1, -0.05) is 24.3 Å². The molecule has 0 saturated carbocycles. The minimum absolute atomic E-state index is 0.0602. The summed E-state index contributed by atoms with van der Waals surface area (Å²) in [6, 6.07) is 13.2. The van der Waals surface area contributed by atoms with Gasteiger partial charge in [-0.05, 0) is 52.2 Å². The number of fused-ring (bicyclic) bond motifs is 1. The van der Waals surface area contributed by atoms with Crippen molar-refractivity contribution in [2.75, 3.05) is 13.7 Å². The van der Waals surface area contributed by atoms with Crippen LogP contribution in [0.15, 0.2) is 46.9 Å². The van der Waals surface area contributed by atoms with Crippen LogP contribution in [0.25, 0.3) is 22.0 Å². The summed E-state index contributed by atoms with van der Waals surface area (Å²) in [5.74, 6) is -0.353. The zero-order valence-electron chi connectivity index (χ0n) is 16.1. The second kappa shape index (κ2) is 9.05. The number of halogens is 1. The van der Waals surface area contributed by atoms with Gasteiger partial charge in [0.25, 0.3) is 0 Å². The molecule has 0 saturated heterocycles. The van der Waals surface area contributed by atoms with Crippen LogP contribution in [0.4, 0.5) is 0 Å². The molecular weight excluding hydrogens is 438 g/mol. The third kappa shape index (κ3) is 4.56. The smallest absolute Gasteiger partial charge is 0.306 e. The van der Waals surface area contributed by atoms with Crippen LogP contribution >= 0.6 is 15.9 Å². The number of carbonyl (C=O) groups excluding carboxylic acids is 2. The Labute approximate surface area is 176 Å². The molecule has 1 aromatic heterocycles. The number of benzene rings is 2. The van der Waals surface area contributed by atoms with Gasteiger partial charge in [-0.2, -0.15) is 0 Å². The van der Waals surface area contributed by atoms with Gasteiger partial charge in [-0.3, -0.25) is 9.59 Å². The van der Waals surface area contributed by atoms with Gasteiger partial charge in [-0.15, -0.1) is 0 Å². The average molecular weight is 458 g/mol. The fourth-order valence-corrected chi connectivity index (χ4v) is 3.46. The lowest BCUT2D eigenvalue weighted by Crippen LogP contribution is -2.09. The first-order valence-corrected chi connectivity index (χ1v) is 9.89. The van der Waals surface area contributed by atoms with Crippen LogP contribution < -0.4 is 4.74 Å². The van der Waals surface area contributed by atoms with Gasteiger partial charge in [0.15, 0.2) is 11.5 Å². The lowest BCUT2D eigenvalue weighted by molar-refractivity contribution is -0.143. The highest BCUT2D eigenvalue weighted by Crippen LogP contribution is 2.36. The number of rotatable bonds is 7. The SMILES string of the molecule is CCOC(=O)CCC(=O)c1nc2cc(-c3ccc(OC)cc3)ccc2c(Br)c1O. The fourth-order valence-electron chi connectivity index (χ4n) is 2.94.